The number of nitrogens with one attached hydrogen (secondary N) is 1. The molecular weight excluding hydrogens is 418 g/mol. The molecule has 0 bridgehead atoms. The van der Waals surface area contributed by atoms with Crippen LogP contribution in [-0.4, -0.2) is 54.6 Å². The molecule has 0 aliphatic rings. The van der Waals surface area contributed by atoms with E-state index in [0.29, 0.717) is 12.1 Å². The third kappa shape index (κ3) is 5.09. The quantitative estimate of drug-likeness (QED) is 0.563. The first kappa shape index (κ1) is 22.4. The number of likely N-dealkylation sites (N-methyl/N-ethyl adjacent to an activating group) is 1. The Balaban J connectivity index is 1.66. The summed E-state index contributed by atoms with van der Waals surface area (Å²) in [6, 6.07) is 5.99. The maximum Gasteiger partial charge on any atom is 0.303 e. The van der Waals surface area contributed by atoms with Crippen LogP contribution in [0.15, 0.2) is 41.1 Å². The lowest BCUT2D eigenvalue weighted by atomic mass is 10.1. The number of hydrogen-bond acceptors (Lipinski definition) is 6. The van der Waals surface area contributed by atoms with Gasteiger partial charge in [0.2, 0.25) is 11.9 Å². The number of anilines is 1. The van der Waals surface area contributed by atoms with E-state index in [-0.39, 0.29) is 11.9 Å². The molecule has 0 fully saturated rings. The molecule has 10 heteroatoms. The zero-order valence-corrected chi connectivity index (χ0v) is 18.9. The zero-order chi connectivity index (χ0) is 22.8. The Hall–Kier alpha value is -3.24. The number of para-hydroxylation sites is 1. The Bertz CT molecular complexity index is 1230. The molecule has 0 spiro atoms. The van der Waals surface area contributed by atoms with Crippen LogP contribution >= 0.6 is 0 Å². The fraction of sp³-hybridized carbons (Fsp3) is 0.286. The zero-order valence-electron chi connectivity index (χ0n) is 18.1. The second-order valence-electron chi connectivity index (χ2n) is 7.36. The number of hydrogen-bond donors (Lipinski definition) is 1. The fourth-order valence-corrected chi connectivity index (χ4v) is 3.37. The molecule has 0 aliphatic heterocycles. The highest BCUT2D eigenvalue weighted by Gasteiger charge is 2.16. The Kier molecular flexibility index (Phi) is 6.42. The monoisotopic (exact) mass is 443 g/mol. The van der Waals surface area contributed by atoms with Crippen molar-refractivity contribution in [1.29, 1.82) is 0 Å². The normalized spacial score (nSPS) is 12.1. The van der Waals surface area contributed by atoms with Crippen molar-refractivity contribution in [3.8, 4) is 0 Å². The van der Waals surface area contributed by atoms with Crippen LogP contribution in [0.1, 0.15) is 22.5 Å². The Morgan fingerprint density at radius 3 is 2.45 bits per heavy atom. The number of benzene rings is 1. The van der Waals surface area contributed by atoms with Crippen molar-refractivity contribution < 1.29 is 17.6 Å². The number of amides is 1. The van der Waals surface area contributed by atoms with Gasteiger partial charge in [-0.15, -0.1) is 0 Å². The molecule has 164 valence electrons. The van der Waals surface area contributed by atoms with Gasteiger partial charge in [0.15, 0.2) is 0 Å². The van der Waals surface area contributed by atoms with Crippen molar-refractivity contribution in [1.82, 2.24) is 19.2 Å². The molecule has 9 nitrogen and oxygen atoms in total. The maximum atomic E-state index is 12.5. The van der Waals surface area contributed by atoms with Crippen molar-refractivity contribution >= 4 is 39.1 Å². The minimum absolute atomic E-state index is 0.0510. The van der Waals surface area contributed by atoms with E-state index in [9.17, 15) is 13.2 Å². The minimum atomic E-state index is -3.68. The van der Waals surface area contributed by atoms with E-state index in [4.69, 9.17) is 4.42 Å². The van der Waals surface area contributed by atoms with E-state index in [0.717, 1.165) is 32.2 Å². The third-order valence-corrected chi connectivity index (χ3v) is 6.21. The van der Waals surface area contributed by atoms with E-state index in [1.165, 1.54) is 32.6 Å². The summed E-state index contributed by atoms with van der Waals surface area (Å²) in [5.41, 5.74) is 3.47. The second kappa shape index (κ2) is 8.86. The molecule has 0 atom stereocenters. The average Bonchev–Trinajstić information content (AvgIpc) is 3.04. The van der Waals surface area contributed by atoms with Crippen molar-refractivity contribution in [3.05, 3.63) is 59.1 Å². The molecule has 2 aromatic heterocycles. The van der Waals surface area contributed by atoms with Crippen LogP contribution in [-0.2, 0) is 21.5 Å². The van der Waals surface area contributed by atoms with Crippen LogP contribution in [0.3, 0.4) is 0 Å². The van der Waals surface area contributed by atoms with Crippen molar-refractivity contribution in [2.24, 2.45) is 0 Å². The highest BCUT2D eigenvalue weighted by atomic mass is 32.2. The molecule has 0 aliphatic carbocycles. The van der Waals surface area contributed by atoms with E-state index in [1.807, 2.05) is 32.0 Å². The molecule has 0 radical (unpaired) electrons. The number of carbonyl (C=O) groups excluding carboxylic acids is 1. The molecule has 0 saturated carbocycles. The number of carbonyl (C=O) groups is 1. The third-order valence-electron chi connectivity index (χ3n) is 4.81. The number of furan rings is 1. The second-order valence-corrected chi connectivity index (χ2v) is 9.24. The smallest absolute Gasteiger partial charge is 0.303 e. The largest absolute Gasteiger partial charge is 0.459 e. The predicted octanol–water partition coefficient (Wildman–Crippen LogP) is 2.73. The van der Waals surface area contributed by atoms with Crippen LogP contribution in [0.25, 0.3) is 17.0 Å². The first-order chi connectivity index (χ1) is 14.6. The van der Waals surface area contributed by atoms with Gasteiger partial charge in [-0.2, -0.15) is 12.7 Å². The Morgan fingerprint density at radius 1 is 1.16 bits per heavy atom. The van der Waals surface area contributed by atoms with Gasteiger partial charge in [0, 0.05) is 56.1 Å². The van der Waals surface area contributed by atoms with Crippen molar-refractivity contribution in [2.75, 3.05) is 25.9 Å². The lowest BCUT2D eigenvalue weighted by Gasteiger charge is -2.14. The molecule has 1 amide bonds. The van der Waals surface area contributed by atoms with E-state index in [1.54, 1.807) is 18.0 Å². The molecule has 3 aromatic rings. The van der Waals surface area contributed by atoms with Gasteiger partial charge in [-0.1, -0.05) is 18.2 Å². The van der Waals surface area contributed by atoms with Gasteiger partial charge in [-0.25, -0.2) is 14.7 Å². The van der Waals surface area contributed by atoms with Gasteiger partial charge in [-0.05, 0) is 25.5 Å². The van der Waals surface area contributed by atoms with Crippen LogP contribution in [0.2, 0.25) is 0 Å². The van der Waals surface area contributed by atoms with E-state index in [2.05, 4.69) is 14.7 Å². The molecule has 0 saturated heterocycles. The highest BCUT2D eigenvalue weighted by Crippen LogP contribution is 2.28. The topological polar surface area (TPSA) is 109 Å². The molecule has 31 heavy (non-hydrogen) atoms. The van der Waals surface area contributed by atoms with Crippen LogP contribution in [0.4, 0.5) is 5.95 Å². The van der Waals surface area contributed by atoms with Crippen LogP contribution in [0, 0.1) is 13.8 Å². The number of rotatable bonds is 7. The lowest BCUT2D eigenvalue weighted by Crippen LogP contribution is -2.29. The standard InChI is InChI=1S/C21H25N5O4S/c1-14-7-6-8-17-15(2)18(30-20(14)17)13-26(5)19(27)10-9-16-11-22-21(23-12-16)24-31(28,29)25(3)4/h6-12H,13H2,1-5H3,(H,22,23,24)/b10-9+. The van der Waals surface area contributed by atoms with Gasteiger partial charge < -0.3 is 9.32 Å². The van der Waals surface area contributed by atoms with Gasteiger partial charge in [0.1, 0.15) is 11.3 Å². The summed E-state index contributed by atoms with van der Waals surface area (Å²) in [7, 11) is 0.817. The summed E-state index contributed by atoms with van der Waals surface area (Å²) >= 11 is 0. The Morgan fingerprint density at radius 2 is 1.84 bits per heavy atom. The molecule has 2 heterocycles. The van der Waals surface area contributed by atoms with E-state index >= 15 is 0 Å². The number of aromatic nitrogens is 2. The average molecular weight is 444 g/mol. The summed E-state index contributed by atoms with van der Waals surface area (Å²) in [5, 5.41) is 1.05. The summed E-state index contributed by atoms with van der Waals surface area (Å²) in [6.07, 6.45) is 5.83. The number of fused-ring (bicyclic) bond motifs is 1. The number of nitrogens with zero attached hydrogens (tertiary/aromatic N) is 4. The molecule has 3 rings (SSSR count). The first-order valence-corrected chi connectivity index (χ1v) is 11.0. The summed E-state index contributed by atoms with van der Waals surface area (Å²) in [4.78, 5) is 22.0. The molecule has 1 aromatic carbocycles. The minimum Gasteiger partial charge on any atom is -0.459 e. The van der Waals surface area contributed by atoms with Gasteiger partial charge in [0.05, 0.1) is 6.54 Å². The van der Waals surface area contributed by atoms with Crippen LogP contribution < -0.4 is 4.72 Å². The van der Waals surface area contributed by atoms with Crippen LogP contribution in [0.5, 0.6) is 0 Å². The predicted molar refractivity (Wildman–Crippen MR) is 119 cm³/mol. The SMILES string of the molecule is Cc1c(CN(C)C(=O)/C=C/c2cnc(NS(=O)(=O)N(C)C)nc2)oc2c(C)cccc12. The molecular formula is C21H25N5O4S. The summed E-state index contributed by atoms with van der Waals surface area (Å²) in [5.74, 6) is 0.480. The fourth-order valence-electron chi connectivity index (χ4n) is 2.86. The Labute approximate surface area is 181 Å². The molecule has 0 unspecified atom stereocenters. The lowest BCUT2D eigenvalue weighted by molar-refractivity contribution is -0.125. The maximum absolute atomic E-state index is 12.5. The van der Waals surface area contributed by atoms with E-state index < -0.39 is 10.2 Å². The van der Waals surface area contributed by atoms with Gasteiger partial charge in [0.25, 0.3) is 0 Å². The van der Waals surface area contributed by atoms with Crippen molar-refractivity contribution in [3.63, 3.8) is 0 Å². The van der Waals surface area contributed by atoms with Gasteiger partial charge >= 0.3 is 10.2 Å². The summed E-state index contributed by atoms with van der Waals surface area (Å²) in [6.45, 7) is 4.31. The summed E-state index contributed by atoms with van der Waals surface area (Å²) < 4.78 is 32.8. The van der Waals surface area contributed by atoms with Gasteiger partial charge in [-0.3, -0.25) is 4.79 Å². The first-order valence-electron chi connectivity index (χ1n) is 9.51. The number of aryl methyl sites for hydroxylation is 2. The molecule has 1 N–H and O–H groups in total. The highest BCUT2D eigenvalue weighted by molar-refractivity contribution is 7.90. The van der Waals surface area contributed by atoms with Crippen molar-refractivity contribution in [2.45, 2.75) is 20.4 Å².